The summed E-state index contributed by atoms with van der Waals surface area (Å²) in [7, 11) is 3.58. The van der Waals surface area contributed by atoms with E-state index in [1.54, 1.807) is 25.3 Å². The first-order chi connectivity index (χ1) is 9.13. The molecule has 0 fully saturated rings. The number of benzene rings is 1. The molecule has 0 atom stereocenters. The number of hydrogen-bond donors (Lipinski definition) is 1. The maximum absolute atomic E-state index is 11.1. The Labute approximate surface area is 111 Å². The van der Waals surface area contributed by atoms with Crippen molar-refractivity contribution < 1.29 is 14.6 Å². The van der Waals surface area contributed by atoms with E-state index in [2.05, 4.69) is 4.98 Å². The summed E-state index contributed by atoms with van der Waals surface area (Å²) in [6.45, 7) is 1.35. The summed E-state index contributed by atoms with van der Waals surface area (Å²) in [5, 5.41) is 9.77. The maximum atomic E-state index is 11.1. The van der Waals surface area contributed by atoms with Gasteiger partial charge in [-0.25, -0.2) is 9.78 Å². The van der Waals surface area contributed by atoms with Gasteiger partial charge in [0, 0.05) is 26.1 Å². The molecule has 0 saturated heterocycles. The predicted molar refractivity (Wildman–Crippen MR) is 73.8 cm³/mol. The van der Waals surface area contributed by atoms with Crippen LogP contribution in [0.1, 0.15) is 10.4 Å². The van der Waals surface area contributed by atoms with Crippen LogP contribution in [0, 0.1) is 0 Å². The molecule has 1 aromatic carbocycles. The van der Waals surface area contributed by atoms with Gasteiger partial charge in [-0.15, -0.1) is 0 Å². The monoisotopic (exact) mass is 260 g/mol. The number of carboxylic acid groups (broad SMARTS) is 1. The van der Waals surface area contributed by atoms with Gasteiger partial charge in [0.25, 0.3) is 0 Å². The molecule has 2 aromatic rings. The largest absolute Gasteiger partial charge is 0.478 e. The third-order valence-corrected chi connectivity index (χ3v) is 2.97. The number of aromatic carboxylic acids is 1. The predicted octanol–water partition coefficient (Wildman–Crippen LogP) is 2.02. The number of carboxylic acids is 1. The number of carbonyl (C=O) groups is 1. The van der Waals surface area contributed by atoms with E-state index in [9.17, 15) is 4.79 Å². The number of aromatic nitrogens is 1. The first-order valence-corrected chi connectivity index (χ1v) is 5.96. The van der Waals surface area contributed by atoms with Crippen molar-refractivity contribution in [1.29, 1.82) is 0 Å². The highest BCUT2D eigenvalue weighted by atomic mass is 16.5. The lowest BCUT2D eigenvalue weighted by atomic mass is 10.1. The number of anilines is 1. The summed E-state index contributed by atoms with van der Waals surface area (Å²) >= 11 is 0. The molecule has 0 amide bonds. The van der Waals surface area contributed by atoms with Crippen molar-refractivity contribution in [2.24, 2.45) is 0 Å². The van der Waals surface area contributed by atoms with Crippen LogP contribution < -0.4 is 4.90 Å². The lowest BCUT2D eigenvalue weighted by Gasteiger charge is -2.18. The van der Waals surface area contributed by atoms with E-state index >= 15 is 0 Å². The van der Waals surface area contributed by atoms with Crippen molar-refractivity contribution in [1.82, 2.24) is 4.98 Å². The number of nitrogens with zero attached hydrogens (tertiary/aromatic N) is 2. The number of ether oxygens (including phenoxy) is 1. The second kappa shape index (κ2) is 5.67. The molecule has 0 bridgehead atoms. The Bertz CT molecular complexity index is 598. The number of likely N-dealkylation sites (N-methyl/N-ethyl adjacent to an activating group) is 1. The van der Waals surface area contributed by atoms with Crippen molar-refractivity contribution in [3.8, 4) is 0 Å². The fourth-order valence-electron chi connectivity index (χ4n) is 1.89. The van der Waals surface area contributed by atoms with Crippen molar-refractivity contribution in [2.45, 2.75) is 0 Å². The minimum absolute atomic E-state index is 0.274. The van der Waals surface area contributed by atoms with Crippen LogP contribution >= 0.6 is 0 Å². The van der Waals surface area contributed by atoms with Crippen molar-refractivity contribution in [2.75, 3.05) is 32.2 Å². The van der Waals surface area contributed by atoms with Crippen LogP contribution in [0.3, 0.4) is 0 Å². The second-order valence-corrected chi connectivity index (χ2v) is 4.26. The van der Waals surface area contributed by atoms with Crippen LogP contribution in [0.25, 0.3) is 10.9 Å². The quantitative estimate of drug-likeness (QED) is 0.891. The van der Waals surface area contributed by atoms with E-state index in [0.717, 1.165) is 12.4 Å². The smallest absolute Gasteiger partial charge is 0.336 e. The van der Waals surface area contributed by atoms with Crippen LogP contribution in [-0.4, -0.2) is 43.4 Å². The molecule has 0 aliphatic rings. The molecule has 0 radical (unpaired) electrons. The van der Waals surface area contributed by atoms with Gasteiger partial charge in [-0.3, -0.25) is 0 Å². The van der Waals surface area contributed by atoms with Gasteiger partial charge in [0.2, 0.25) is 0 Å². The number of pyridine rings is 1. The van der Waals surface area contributed by atoms with Gasteiger partial charge in [0.05, 0.1) is 17.7 Å². The lowest BCUT2D eigenvalue weighted by molar-refractivity contribution is 0.0699. The van der Waals surface area contributed by atoms with E-state index < -0.39 is 5.97 Å². The zero-order chi connectivity index (χ0) is 13.8. The van der Waals surface area contributed by atoms with E-state index in [4.69, 9.17) is 9.84 Å². The Morgan fingerprint density at radius 1 is 1.37 bits per heavy atom. The molecule has 0 aliphatic heterocycles. The molecule has 1 heterocycles. The topological polar surface area (TPSA) is 62.7 Å². The van der Waals surface area contributed by atoms with Crippen molar-refractivity contribution in [3.05, 3.63) is 35.9 Å². The molecular weight excluding hydrogens is 244 g/mol. The van der Waals surface area contributed by atoms with Gasteiger partial charge in [-0.2, -0.15) is 0 Å². The molecule has 5 heteroatoms. The fraction of sp³-hybridized carbons (Fsp3) is 0.286. The number of fused-ring (bicyclic) bond motifs is 1. The molecule has 19 heavy (non-hydrogen) atoms. The molecule has 100 valence electrons. The lowest BCUT2D eigenvalue weighted by Crippen LogP contribution is -2.22. The van der Waals surface area contributed by atoms with E-state index in [1.807, 2.05) is 24.1 Å². The number of rotatable bonds is 5. The SMILES string of the molecule is COCCN(C)c1ccc2c(C(=O)O)cccc2n1. The maximum Gasteiger partial charge on any atom is 0.336 e. The zero-order valence-corrected chi connectivity index (χ0v) is 11.0. The Hall–Kier alpha value is -2.14. The van der Waals surface area contributed by atoms with E-state index in [1.165, 1.54) is 0 Å². The summed E-state index contributed by atoms with van der Waals surface area (Å²) in [6, 6.07) is 8.72. The van der Waals surface area contributed by atoms with Gasteiger partial charge >= 0.3 is 5.97 Å². The van der Waals surface area contributed by atoms with Crippen LogP contribution in [0.4, 0.5) is 5.82 Å². The summed E-state index contributed by atoms with van der Waals surface area (Å²) in [4.78, 5) is 17.6. The molecule has 0 aliphatic carbocycles. The minimum atomic E-state index is -0.937. The summed E-state index contributed by atoms with van der Waals surface area (Å²) in [6.07, 6.45) is 0. The summed E-state index contributed by atoms with van der Waals surface area (Å²) in [5.74, 6) is -0.139. The van der Waals surface area contributed by atoms with Gasteiger partial charge in [-0.1, -0.05) is 6.07 Å². The summed E-state index contributed by atoms with van der Waals surface area (Å²) in [5.41, 5.74) is 0.956. The highest BCUT2D eigenvalue weighted by molar-refractivity contribution is 6.02. The molecule has 0 unspecified atom stereocenters. The molecule has 1 aromatic heterocycles. The van der Waals surface area contributed by atoms with Gasteiger partial charge in [-0.05, 0) is 24.3 Å². The fourth-order valence-corrected chi connectivity index (χ4v) is 1.89. The average Bonchev–Trinajstić information content (AvgIpc) is 2.43. The van der Waals surface area contributed by atoms with Crippen molar-refractivity contribution in [3.63, 3.8) is 0 Å². The van der Waals surface area contributed by atoms with Crippen molar-refractivity contribution >= 4 is 22.7 Å². The molecule has 0 spiro atoms. The third-order valence-electron chi connectivity index (χ3n) is 2.97. The molecule has 0 saturated carbocycles. The van der Waals surface area contributed by atoms with Gasteiger partial charge < -0.3 is 14.7 Å². The Morgan fingerprint density at radius 3 is 2.84 bits per heavy atom. The Kier molecular flexibility index (Phi) is 3.97. The Morgan fingerprint density at radius 2 is 2.16 bits per heavy atom. The van der Waals surface area contributed by atoms with Crippen LogP contribution in [0.15, 0.2) is 30.3 Å². The molecule has 5 nitrogen and oxygen atoms in total. The first-order valence-electron chi connectivity index (χ1n) is 5.96. The number of methoxy groups -OCH3 is 1. The average molecular weight is 260 g/mol. The van der Waals surface area contributed by atoms with Crippen LogP contribution in [0.5, 0.6) is 0 Å². The zero-order valence-electron chi connectivity index (χ0n) is 11.0. The second-order valence-electron chi connectivity index (χ2n) is 4.26. The van der Waals surface area contributed by atoms with E-state index in [0.29, 0.717) is 17.5 Å². The van der Waals surface area contributed by atoms with Gasteiger partial charge in [0.15, 0.2) is 0 Å². The molecule has 1 N–H and O–H groups in total. The van der Waals surface area contributed by atoms with Gasteiger partial charge in [0.1, 0.15) is 5.82 Å². The van der Waals surface area contributed by atoms with Crippen LogP contribution in [-0.2, 0) is 4.74 Å². The minimum Gasteiger partial charge on any atom is -0.478 e. The first kappa shape index (κ1) is 13.3. The standard InChI is InChI=1S/C14H16N2O3/c1-16(8-9-19-2)13-7-6-10-11(14(17)18)4-3-5-12(10)15-13/h3-7H,8-9H2,1-2H3,(H,17,18). The Balaban J connectivity index is 2.39. The van der Waals surface area contributed by atoms with Crippen LogP contribution in [0.2, 0.25) is 0 Å². The third kappa shape index (κ3) is 2.82. The summed E-state index contributed by atoms with van der Waals surface area (Å²) < 4.78 is 5.02. The normalized spacial score (nSPS) is 10.6. The highest BCUT2D eigenvalue weighted by Gasteiger charge is 2.10. The molecular formula is C14H16N2O3. The van der Waals surface area contributed by atoms with E-state index in [-0.39, 0.29) is 5.56 Å². The number of hydrogen-bond acceptors (Lipinski definition) is 4. The molecule has 2 rings (SSSR count). The highest BCUT2D eigenvalue weighted by Crippen LogP contribution is 2.20.